The Morgan fingerprint density at radius 1 is 0.651 bits per heavy atom. The second-order valence-electron chi connectivity index (χ2n) is 20.5. The number of ether oxygens (including phenoxy) is 10. The summed E-state index contributed by atoms with van der Waals surface area (Å²) in [6.45, 7) is 7.23. The Kier molecular flexibility index (Phi) is 37.8. The summed E-state index contributed by atoms with van der Waals surface area (Å²) in [5.74, 6) is -4.55. The summed E-state index contributed by atoms with van der Waals surface area (Å²) in [5, 5.41) is 63.3. The van der Waals surface area contributed by atoms with E-state index >= 15 is 0 Å². The number of aliphatic carboxylic acids is 1. The Labute approximate surface area is 511 Å². The number of aliphatic hydroxyl groups is 3. The van der Waals surface area contributed by atoms with E-state index in [0.717, 1.165) is 31.9 Å². The molecular formula is C56H92ClN7O21S. The third kappa shape index (κ3) is 31.1. The van der Waals surface area contributed by atoms with E-state index in [1.54, 1.807) is 24.3 Å². The maximum Gasteiger partial charge on any atom is 0.364 e. The maximum atomic E-state index is 12.5. The van der Waals surface area contributed by atoms with Crippen molar-refractivity contribution >= 4 is 64.9 Å². The molecule has 0 unspecified atom stereocenters. The van der Waals surface area contributed by atoms with E-state index < -0.39 is 67.0 Å². The number of amides is 7. The van der Waals surface area contributed by atoms with Crippen LogP contribution in [-0.2, 0) is 82.6 Å². The number of thioether (sulfide) groups is 1. The summed E-state index contributed by atoms with van der Waals surface area (Å²) in [7, 11) is 0. The summed E-state index contributed by atoms with van der Waals surface area (Å²) >= 11 is 7.78. The highest BCUT2D eigenvalue weighted by Crippen LogP contribution is 2.35. The zero-order valence-electron chi connectivity index (χ0n) is 49.3. The first-order chi connectivity index (χ1) is 41.6. The number of nitrogens with one attached hydrogen (secondary N) is 7. The van der Waals surface area contributed by atoms with Crippen molar-refractivity contribution in [3.05, 3.63) is 34.9 Å². The molecule has 4 rings (SSSR count). The molecule has 3 heterocycles. The minimum absolute atomic E-state index is 0.0116. The Bertz CT molecular complexity index is 2130. The second-order valence-corrected chi connectivity index (χ2v) is 22.2. The van der Waals surface area contributed by atoms with E-state index in [4.69, 9.17) is 59.0 Å². The highest BCUT2D eigenvalue weighted by molar-refractivity contribution is 8.00. The Balaban J connectivity index is 0.853. The van der Waals surface area contributed by atoms with Crippen LogP contribution < -0.4 is 37.2 Å². The van der Waals surface area contributed by atoms with Crippen LogP contribution in [0, 0.1) is 0 Å². The van der Waals surface area contributed by atoms with Crippen LogP contribution in [0.25, 0.3) is 0 Å². The lowest BCUT2D eigenvalue weighted by Gasteiger charge is -2.46. The van der Waals surface area contributed by atoms with Crippen molar-refractivity contribution in [2.45, 2.75) is 131 Å². The van der Waals surface area contributed by atoms with Crippen LogP contribution in [0.2, 0.25) is 5.02 Å². The van der Waals surface area contributed by atoms with E-state index in [9.17, 15) is 54.0 Å². The van der Waals surface area contributed by atoms with E-state index in [1.807, 2.05) is 11.8 Å². The Morgan fingerprint density at radius 3 is 1.72 bits per heavy atom. The Hall–Kier alpha value is -4.57. The number of carboxylic acids is 1. The van der Waals surface area contributed by atoms with E-state index in [-0.39, 0.29) is 81.5 Å². The number of benzene rings is 1. The van der Waals surface area contributed by atoms with Gasteiger partial charge >= 0.3 is 12.0 Å². The predicted octanol–water partition coefficient (Wildman–Crippen LogP) is -0.670. The third-order valence-corrected chi connectivity index (χ3v) is 15.4. The molecular weight excluding hydrogens is 1170 g/mol. The highest BCUT2D eigenvalue weighted by atomic mass is 35.5. The fourth-order valence-corrected chi connectivity index (χ4v) is 10.8. The van der Waals surface area contributed by atoms with Crippen LogP contribution in [0.1, 0.15) is 76.7 Å². The zero-order chi connectivity index (χ0) is 62.2. The molecule has 3 aliphatic heterocycles. The van der Waals surface area contributed by atoms with Gasteiger partial charge in [-0.25, -0.2) is 9.59 Å². The quantitative estimate of drug-likeness (QED) is 0.0285. The van der Waals surface area contributed by atoms with Crippen molar-refractivity contribution in [1.82, 2.24) is 37.2 Å². The summed E-state index contributed by atoms with van der Waals surface area (Å²) in [4.78, 5) is 85.0. The summed E-state index contributed by atoms with van der Waals surface area (Å²) < 4.78 is 55.4. The molecule has 0 bridgehead atoms. The number of halogens is 1. The number of aliphatic hydroxyl groups excluding tert-OH is 3. The van der Waals surface area contributed by atoms with Gasteiger partial charge in [0.2, 0.25) is 29.5 Å². The normalized spacial score (nSPS) is 21.4. The van der Waals surface area contributed by atoms with Crippen LogP contribution in [0.15, 0.2) is 24.3 Å². The minimum atomic E-state index is -2.44. The lowest BCUT2D eigenvalue weighted by atomic mass is 9.88. The SMILES string of the molecule is CC(=O)N[C@H]1[C@H]([C@H](O)[C@H](O)CNC(=O)Cc2ccc(Cl)cc2)O[C@@](OCCCCCNC(=O)CCOCCOCCOCCOCCNC(=O)CCOCCOCCOCCOCCNC(=O)CCCC[C@H]2SC[C@H]3NC(=O)N[C@H]32)(C(=O)O)C[C@@H]1O. The van der Waals surface area contributed by atoms with E-state index in [0.29, 0.717) is 147 Å². The standard InChI is InChI=1S/C56H92ClN7O21S/c1-39(65)62-51-43(66)36-56(54(73)74,85-53(51)52(72)44(67)37-61-49(71)35-40-9-11-41(57)12-10-40)84-18-6-2-5-15-58-47(69)13-19-76-23-27-80-31-34-83-30-26-79-22-17-60-48(70)14-20-77-24-28-81-32-33-82-29-25-78-21-16-59-46(68)8-4-3-7-45-50-42(38-86-45)63-55(75)64-50/h9-12,42-45,50-53,66-67,72H,2-8,13-38H2,1H3,(H,58,69)(H,59,68)(H,60,70)(H,61,71)(H,62,65)(H,73,74)(H2,63,64,75)/t42-,43+,44-,45-,50-,51-,52-,53-,56-/m1/s1. The van der Waals surface area contributed by atoms with Gasteiger partial charge < -0.3 is 105 Å². The van der Waals surface area contributed by atoms with Crippen molar-refractivity contribution in [3.8, 4) is 0 Å². The molecule has 1 aromatic carbocycles. The predicted molar refractivity (Wildman–Crippen MR) is 312 cm³/mol. The van der Waals surface area contributed by atoms with Gasteiger partial charge in [0, 0.05) is 74.8 Å². The van der Waals surface area contributed by atoms with Gasteiger partial charge in [0.25, 0.3) is 5.79 Å². The molecule has 0 aromatic heterocycles. The van der Waals surface area contributed by atoms with Crippen molar-refractivity contribution < 1.29 is 101 Å². The highest BCUT2D eigenvalue weighted by Gasteiger charge is 2.55. The van der Waals surface area contributed by atoms with Crippen molar-refractivity contribution in [2.75, 3.05) is 144 Å². The fraction of sp³-hybridized carbons (Fsp3) is 0.768. The largest absolute Gasteiger partial charge is 0.477 e. The van der Waals surface area contributed by atoms with Crippen LogP contribution in [0.3, 0.4) is 0 Å². The van der Waals surface area contributed by atoms with Crippen LogP contribution in [-0.4, -0.2) is 260 Å². The second kappa shape index (κ2) is 44.0. The van der Waals surface area contributed by atoms with Gasteiger partial charge in [-0.1, -0.05) is 30.2 Å². The van der Waals surface area contributed by atoms with Gasteiger partial charge in [-0.15, -0.1) is 0 Å². The first-order valence-electron chi connectivity index (χ1n) is 29.5. The molecule has 9 atom stereocenters. The number of rotatable bonds is 50. The molecule has 490 valence electrons. The molecule has 3 aliphatic rings. The molecule has 1 aromatic rings. The minimum Gasteiger partial charge on any atom is -0.477 e. The lowest BCUT2D eigenvalue weighted by Crippen LogP contribution is -2.68. The summed E-state index contributed by atoms with van der Waals surface area (Å²) in [6, 6.07) is 5.55. The molecule has 0 saturated carbocycles. The summed E-state index contributed by atoms with van der Waals surface area (Å²) in [5.41, 5.74) is 0.646. The monoisotopic (exact) mass is 1270 g/mol. The van der Waals surface area contributed by atoms with E-state index in [2.05, 4.69) is 37.2 Å². The first kappa shape index (κ1) is 73.9. The van der Waals surface area contributed by atoms with Gasteiger partial charge in [0.1, 0.15) is 12.2 Å². The number of hydrogen-bond donors (Lipinski definition) is 11. The molecule has 28 nitrogen and oxygen atoms in total. The van der Waals surface area contributed by atoms with Gasteiger partial charge in [0.05, 0.1) is 149 Å². The smallest absolute Gasteiger partial charge is 0.364 e. The number of fused-ring (bicyclic) bond motifs is 1. The molecule has 86 heavy (non-hydrogen) atoms. The molecule has 0 aliphatic carbocycles. The molecule has 3 saturated heterocycles. The van der Waals surface area contributed by atoms with Crippen molar-refractivity contribution in [1.29, 1.82) is 0 Å². The average molecular weight is 1270 g/mol. The molecule has 3 fully saturated rings. The fourth-order valence-electron chi connectivity index (χ4n) is 9.14. The van der Waals surface area contributed by atoms with Crippen molar-refractivity contribution in [3.63, 3.8) is 0 Å². The van der Waals surface area contributed by atoms with Crippen LogP contribution >= 0.6 is 23.4 Å². The van der Waals surface area contributed by atoms with Gasteiger partial charge in [-0.2, -0.15) is 11.8 Å². The zero-order valence-corrected chi connectivity index (χ0v) is 50.9. The molecule has 7 amide bonds. The number of carbonyl (C=O) groups is 7. The molecule has 11 N–H and O–H groups in total. The van der Waals surface area contributed by atoms with Gasteiger partial charge in [0.15, 0.2) is 0 Å². The van der Waals surface area contributed by atoms with Crippen LogP contribution in [0.4, 0.5) is 4.79 Å². The number of urea groups is 1. The Morgan fingerprint density at radius 2 is 1.17 bits per heavy atom. The first-order valence-corrected chi connectivity index (χ1v) is 31.0. The topological polar surface area (TPSA) is 377 Å². The number of carbonyl (C=O) groups excluding carboxylic acids is 6. The van der Waals surface area contributed by atoms with Crippen molar-refractivity contribution in [2.24, 2.45) is 0 Å². The molecule has 0 spiro atoms. The molecule has 30 heteroatoms. The van der Waals surface area contributed by atoms with Gasteiger partial charge in [-0.05, 0) is 49.8 Å². The van der Waals surface area contributed by atoms with E-state index in [1.165, 1.54) is 0 Å². The summed E-state index contributed by atoms with van der Waals surface area (Å²) in [6.07, 6.45) is -2.50. The lowest BCUT2D eigenvalue weighted by molar-refractivity contribution is -0.310. The maximum absolute atomic E-state index is 12.5. The molecule has 0 radical (unpaired) electrons. The van der Waals surface area contributed by atoms with Gasteiger partial charge in [-0.3, -0.25) is 24.0 Å². The number of hydrogen-bond acceptors (Lipinski definition) is 21. The number of carboxylic acid groups (broad SMARTS) is 1. The average Bonchev–Trinajstić information content (AvgIpc) is 1.28. The number of unbranched alkanes of at least 4 members (excludes halogenated alkanes) is 3. The van der Waals surface area contributed by atoms with Crippen LogP contribution in [0.5, 0.6) is 0 Å². The third-order valence-electron chi connectivity index (χ3n) is 13.7.